The van der Waals surface area contributed by atoms with Gasteiger partial charge in [-0.05, 0) is 42.5 Å². The molecule has 154 valence electrons. The molecule has 1 fully saturated rings. The first-order valence-corrected chi connectivity index (χ1v) is 9.19. The molecule has 2 aromatic rings. The van der Waals surface area contributed by atoms with Crippen LogP contribution in [0.2, 0.25) is 5.02 Å². The second-order valence-electron chi connectivity index (χ2n) is 6.99. The number of amides is 2. The van der Waals surface area contributed by atoms with Crippen LogP contribution < -0.4 is 15.1 Å². The monoisotopic (exact) mass is 425 g/mol. The molecule has 0 aromatic heterocycles. The highest BCUT2D eigenvalue weighted by molar-refractivity contribution is 6.30. The molecule has 0 spiro atoms. The van der Waals surface area contributed by atoms with Crippen LogP contribution >= 0.6 is 11.6 Å². The predicted octanol–water partition coefficient (Wildman–Crippen LogP) is 4.42. The van der Waals surface area contributed by atoms with Crippen molar-refractivity contribution in [1.29, 1.82) is 0 Å². The standard InChI is InChI=1S/C20H19ClF3N3O2/c1-26(2)15-7-8-17(16(10-15)20(22,23)24)25-19(29)12-9-18(28)27(11-12)14-5-3-13(21)4-6-14/h3-8,10,12H,9,11H2,1-2H3,(H,25,29). The minimum atomic E-state index is -4.63. The number of anilines is 3. The highest BCUT2D eigenvalue weighted by atomic mass is 35.5. The summed E-state index contributed by atoms with van der Waals surface area (Å²) in [5.74, 6) is -1.66. The first kappa shape index (κ1) is 21.0. The van der Waals surface area contributed by atoms with Crippen LogP contribution in [0.3, 0.4) is 0 Å². The summed E-state index contributed by atoms with van der Waals surface area (Å²) in [4.78, 5) is 27.9. The molecule has 0 bridgehead atoms. The summed E-state index contributed by atoms with van der Waals surface area (Å²) >= 11 is 5.84. The summed E-state index contributed by atoms with van der Waals surface area (Å²) < 4.78 is 40.4. The van der Waals surface area contributed by atoms with Gasteiger partial charge in [-0.15, -0.1) is 0 Å². The molecule has 1 atom stereocenters. The van der Waals surface area contributed by atoms with E-state index in [-0.39, 0.29) is 24.6 Å². The number of halogens is 4. The Labute approximate surface area is 171 Å². The molecule has 0 aliphatic carbocycles. The molecular formula is C20H19ClF3N3O2. The van der Waals surface area contributed by atoms with E-state index in [0.717, 1.165) is 6.07 Å². The number of carbonyl (C=O) groups is 2. The summed E-state index contributed by atoms with van der Waals surface area (Å²) in [5.41, 5.74) is -0.317. The highest BCUT2D eigenvalue weighted by Crippen LogP contribution is 2.37. The zero-order valence-electron chi connectivity index (χ0n) is 15.8. The van der Waals surface area contributed by atoms with E-state index in [0.29, 0.717) is 16.4 Å². The highest BCUT2D eigenvalue weighted by Gasteiger charge is 2.38. The van der Waals surface area contributed by atoms with Gasteiger partial charge in [-0.25, -0.2) is 0 Å². The Balaban J connectivity index is 1.78. The maximum absolute atomic E-state index is 13.5. The number of benzene rings is 2. The lowest BCUT2D eigenvalue weighted by Gasteiger charge is -2.20. The lowest BCUT2D eigenvalue weighted by atomic mass is 10.1. The molecule has 1 aliphatic rings. The first-order valence-electron chi connectivity index (χ1n) is 8.81. The summed E-state index contributed by atoms with van der Waals surface area (Å²) in [6, 6.07) is 10.3. The summed E-state index contributed by atoms with van der Waals surface area (Å²) in [5, 5.41) is 2.86. The van der Waals surface area contributed by atoms with Crippen LogP contribution in [0.15, 0.2) is 42.5 Å². The van der Waals surface area contributed by atoms with Crippen LogP contribution in [-0.2, 0) is 15.8 Å². The fourth-order valence-electron chi connectivity index (χ4n) is 3.14. The second kappa shape index (κ2) is 7.94. The maximum atomic E-state index is 13.5. The number of hydrogen-bond donors (Lipinski definition) is 1. The third-order valence-corrected chi connectivity index (χ3v) is 4.97. The molecule has 0 radical (unpaired) electrons. The van der Waals surface area contributed by atoms with Gasteiger partial charge < -0.3 is 15.1 Å². The van der Waals surface area contributed by atoms with Gasteiger partial charge in [0.05, 0.1) is 17.2 Å². The van der Waals surface area contributed by atoms with Gasteiger partial charge in [0.1, 0.15) is 0 Å². The number of nitrogens with one attached hydrogen (secondary N) is 1. The van der Waals surface area contributed by atoms with Crippen LogP contribution in [0.4, 0.5) is 30.2 Å². The first-order chi connectivity index (χ1) is 13.6. The van der Waals surface area contributed by atoms with Crippen LogP contribution in [0.5, 0.6) is 0 Å². The molecular weight excluding hydrogens is 407 g/mol. The summed E-state index contributed by atoms with van der Waals surface area (Å²) in [7, 11) is 3.26. The molecule has 1 heterocycles. The number of alkyl halides is 3. The molecule has 5 nitrogen and oxygen atoms in total. The van der Waals surface area contributed by atoms with E-state index >= 15 is 0 Å². The number of hydrogen-bond acceptors (Lipinski definition) is 3. The third-order valence-electron chi connectivity index (χ3n) is 4.72. The van der Waals surface area contributed by atoms with Gasteiger partial charge in [0.2, 0.25) is 11.8 Å². The van der Waals surface area contributed by atoms with Gasteiger partial charge in [-0.2, -0.15) is 13.2 Å². The lowest BCUT2D eigenvalue weighted by Crippen LogP contribution is -2.28. The number of carbonyl (C=O) groups excluding carboxylic acids is 2. The Bertz CT molecular complexity index is 930. The minimum absolute atomic E-state index is 0.0778. The maximum Gasteiger partial charge on any atom is 0.418 e. The van der Waals surface area contributed by atoms with Crippen molar-refractivity contribution in [2.75, 3.05) is 35.8 Å². The summed E-state index contributed by atoms with van der Waals surface area (Å²) in [6.07, 6.45) is -4.71. The molecule has 3 rings (SSSR count). The molecule has 1 unspecified atom stereocenters. The minimum Gasteiger partial charge on any atom is -0.378 e. The molecule has 1 N–H and O–H groups in total. The van der Waals surface area contributed by atoms with Crippen molar-refractivity contribution in [3.8, 4) is 0 Å². The topological polar surface area (TPSA) is 52.7 Å². The van der Waals surface area contributed by atoms with Gasteiger partial charge in [-0.1, -0.05) is 11.6 Å². The van der Waals surface area contributed by atoms with E-state index in [2.05, 4.69) is 5.32 Å². The van der Waals surface area contributed by atoms with Crippen molar-refractivity contribution in [3.05, 3.63) is 53.1 Å². The van der Waals surface area contributed by atoms with Gasteiger partial charge in [0.15, 0.2) is 0 Å². The van der Waals surface area contributed by atoms with E-state index in [4.69, 9.17) is 11.6 Å². The third kappa shape index (κ3) is 4.64. The molecule has 2 amide bonds. The van der Waals surface area contributed by atoms with Gasteiger partial charge in [0.25, 0.3) is 0 Å². The van der Waals surface area contributed by atoms with E-state index in [9.17, 15) is 22.8 Å². The molecule has 9 heteroatoms. The van der Waals surface area contributed by atoms with Crippen molar-refractivity contribution >= 4 is 40.5 Å². The quantitative estimate of drug-likeness (QED) is 0.789. The van der Waals surface area contributed by atoms with Crippen molar-refractivity contribution in [2.24, 2.45) is 5.92 Å². The van der Waals surface area contributed by atoms with Crippen LogP contribution in [-0.4, -0.2) is 32.5 Å². The second-order valence-corrected chi connectivity index (χ2v) is 7.43. The van der Waals surface area contributed by atoms with E-state index in [1.807, 2.05) is 0 Å². The van der Waals surface area contributed by atoms with E-state index < -0.39 is 23.6 Å². The molecule has 0 saturated carbocycles. The Morgan fingerprint density at radius 3 is 2.41 bits per heavy atom. The fourth-order valence-corrected chi connectivity index (χ4v) is 3.27. The summed E-state index contributed by atoms with van der Waals surface area (Å²) in [6.45, 7) is 0.0867. The predicted molar refractivity (Wildman–Crippen MR) is 106 cm³/mol. The Morgan fingerprint density at radius 1 is 1.17 bits per heavy atom. The van der Waals surface area contributed by atoms with Gasteiger partial charge in [-0.3, -0.25) is 9.59 Å². The van der Waals surface area contributed by atoms with Crippen LogP contribution in [0, 0.1) is 5.92 Å². The smallest absolute Gasteiger partial charge is 0.378 e. The largest absolute Gasteiger partial charge is 0.418 e. The SMILES string of the molecule is CN(C)c1ccc(NC(=O)C2CC(=O)N(c3ccc(Cl)cc3)C2)c(C(F)(F)F)c1. The zero-order chi connectivity index (χ0) is 21.3. The van der Waals surface area contributed by atoms with Gasteiger partial charge in [0, 0.05) is 43.5 Å². The Kier molecular flexibility index (Phi) is 5.75. The molecule has 29 heavy (non-hydrogen) atoms. The normalized spacial score (nSPS) is 16.8. The number of nitrogens with zero attached hydrogens (tertiary/aromatic N) is 2. The van der Waals surface area contributed by atoms with Crippen molar-refractivity contribution in [1.82, 2.24) is 0 Å². The van der Waals surface area contributed by atoms with Crippen molar-refractivity contribution in [3.63, 3.8) is 0 Å². The Hall–Kier alpha value is -2.74. The average Bonchev–Trinajstić information content (AvgIpc) is 3.03. The number of rotatable bonds is 4. The lowest BCUT2D eigenvalue weighted by molar-refractivity contribution is -0.137. The van der Waals surface area contributed by atoms with Gasteiger partial charge >= 0.3 is 6.18 Å². The molecule has 1 saturated heterocycles. The molecule has 2 aromatic carbocycles. The van der Waals surface area contributed by atoms with E-state index in [1.165, 1.54) is 17.0 Å². The van der Waals surface area contributed by atoms with Crippen LogP contribution in [0.25, 0.3) is 0 Å². The van der Waals surface area contributed by atoms with Crippen LogP contribution in [0.1, 0.15) is 12.0 Å². The fraction of sp³-hybridized carbons (Fsp3) is 0.300. The average molecular weight is 426 g/mol. The van der Waals surface area contributed by atoms with Crippen molar-refractivity contribution < 1.29 is 22.8 Å². The zero-order valence-corrected chi connectivity index (χ0v) is 16.5. The Morgan fingerprint density at radius 2 is 1.83 bits per heavy atom. The molecule has 1 aliphatic heterocycles. The van der Waals surface area contributed by atoms with Crippen molar-refractivity contribution in [2.45, 2.75) is 12.6 Å². The van der Waals surface area contributed by atoms with E-state index in [1.54, 1.807) is 43.3 Å².